The Balaban J connectivity index is 2.80. The van der Waals surface area contributed by atoms with Crippen molar-refractivity contribution < 1.29 is 9.53 Å². The van der Waals surface area contributed by atoms with Gasteiger partial charge < -0.3 is 4.74 Å². The fraction of sp³-hybridized carbons (Fsp3) is 0.462. The molecule has 0 saturated carbocycles. The van der Waals surface area contributed by atoms with Crippen LogP contribution in [0.5, 0.6) is 0 Å². The molecule has 0 radical (unpaired) electrons. The van der Waals surface area contributed by atoms with Gasteiger partial charge in [0, 0.05) is 12.2 Å². The number of para-hydroxylation sites is 1. The maximum Gasteiger partial charge on any atom is 0.414 e. The van der Waals surface area contributed by atoms with Crippen LogP contribution >= 0.6 is 0 Å². The average molecular weight is 221 g/mol. The number of rotatable bonds is 2. The lowest BCUT2D eigenvalue weighted by molar-refractivity contribution is 0.0582. The molecule has 3 nitrogen and oxygen atoms in total. The van der Waals surface area contributed by atoms with E-state index in [2.05, 4.69) is 0 Å². The number of hydrogen-bond acceptors (Lipinski definition) is 2. The minimum absolute atomic E-state index is 0.304. The van der Waals surface area contributed by atoms with Gasteiger partial charge in [-0.2, -0.15) is 0 Å². The van der Waals surface area contributed by atoms with Gasteiger partial charge in [0.1, 0.15) is 5.60 Å². The highest BCUT2D eigenvalue weighted by molar-refractivity contribution is 5.87. The molecule has 0 fully saturated rings. The summed E-state index contributed by atoms with van der Waals surface area (Å²) in [6.07, 6.45) is -0.304. The molecule has 3 heteroatoms. The van der Waals surface area contributed by atoms with Crippen molar-refractivity contribution in [3.63, 3.8) is 0 Å². The minimum Gasteiger partial charge on any atom is -0.443 e. The maximum absolute atomic E-state index is 11.9. The first kappa shape index (κ1) is 12.6. The van der Waals surface area contributed by atoms with Gasteiger partial charge in [-0.05, 0) is 39.8 Å². The van der Waals surface area contributed by atoms with Gasteiger partial charge in [-0.25, -0.2) is 4.79 Å². The van der Waals surface area contributed by atoms with Crippen LogP contribution < -0.4 is 4.90 Å². The van der Waals surface area contributed by atoms with E-state index in [1.54, 1.807) is 4.90 Å². The molecule has 0 aliphatic heterocycles. The second-order valence-electron chi connectivity index (χ2n) is 4.56. The number of nitrogens with zero attached hydrogens (tertiary/aromatic N) is 1. The molecule has 1 rings (SSSR count). The highest BCUT2D eigenvalue weighted by Gasteiger charge is 2.21. The van der Waals surface area contributed by atoms with Crippen molar-refractivity contribution in [1.29, 1.82) is 0 Å². The van der Waals surface area contributed by atoms with E-state index in [0.29, 0.717) is 6.54 Å². The van der Waals surface area contributed by atoms with Crippen molar-refractivity contribution in [3.8, 4) is 0 Å². The molecule has 1 aromatic carbocycles. The molecule has 0 aliphatic carbocycles. The van der Waals surface area contributed by atoms with E-state index in [0.717, 1.165) is 5.69 Å². The number of hydrogen-bond donors (Lipinski definition) is 0. The maximum atomic E-state index is 11.9. The molecular weight excluding hydrogens is 202 g/mol. The number of benzene rings is 1. The molecule has 0 aromatic heterocycles. The van der Waals surface area contributed by atoms with Gasteiger partial charge in [0.05, 0.1) is 0 Å². The van der Waals surface area contributed by atoms with Crippen molar-refractivity contribution in [2.45, 2.75) is 33.3 Å². The Labute approximate surface area is 97.0 Å². The molecular formula is C13H19NO2. The van der Waals surface area contributed by atoms with E-state index in [9.17, 15) is 4.79 Å². The molecule has 0 bridgehead atoms. The Kier molecular flexibility index (Phi) is 3.93. The number of anilines is 1. The highest BCUT2D eigenvalue weighted by atomic mass is 16.6. The third-order valence-corrected chi connectivity index (χ3v) is 2.00. The standard InChI is InChI=1S/C13H19NO2/c1-5-14(11-9-7-6-8-10-11)12(15)16-13(2,3)4/h6-10H,5H2,1-4H3. The summed E-state index contributed by atoms with van der Waals surface area (Å²) in [5.41, 5.74) is 0.401. The molecule has 16 heavy (non-hydrogen) atoms. The van der Waals surface area contributed by atoms with E-state index >= 15 is 0 Å². The summed E-state index contributed by atoms with van der Waals surface area (Å²) >= 11 is 0. The van der Waals surface area contributed by atoms with Crippen LogP contribution in [0.2, 0.25) is 0 Å². The van der Waals surface area contributed by atoms with E-state index in [1.807, 2.05) is 58.0 Å². The highest BCUT2D eigenvalue weighted by Crippen LogP contribution is 2.17. The van der Waals surface area contributed by atoms with Crippen molar-refractivity contribution in [1.82, 2.24) is 0 Å². The summed E-state index contributed by atoms with van der Waals surface area (Å²) in [5.74, 6) is 0. The van der Waals surface area contributed by atoms with Crippen LogP contribution in [0.3, 0.4) is 0 Å². The smallest absolute Gasteiger partial charge is 0.414 e. The summed E-state index contributed by atoms with van der Waals surface area (Å²) in [6.45, 7) is 8.12. The van der Waals surface area contributed by atoms with Gasteiger partial charge in [0.25, 0.3) is 0 Å². The van der Waals surface area contributed by atoms with Crippen molar-refractivity contribution >= 4 is 11.8 Å². The normalized spacial score (nSPS) is 11.0. The Hall–Kier alpha value is -1.51. The van der Waals surface area contributed by atoms with E-state index in [1.165, 1.54) is 0 Å². The van der Waals surface area contributed by atoms with Crippen LogP contribution in [0.1, 0.15) is 27.7 Å². The zero-order valence-electron chi connectivity index (χ0n) is 10.4. The number of ether oxygens (including phenoxy) is 1. The summed E-state index contributed by atoms with van der Waals surface area (Å²) in [4.78, 5) is 13.5. The Morgan fingerprint density at radius 3 is 2.25 bits per heavy atom. The predicted octanol–water partition coefficient (Wildman–Crippen LogP) is 3.45. The largest absolute Gasteiger partial charge is 0.443 e. The Morgan fingerprint density at radius 2 is 1.81 bits per heavy atom. The summed E-state index contributed by atoms with van der Waals surface area (Å²) in [7, 11) is 0. The van der Waals surface area contributed by atoms with Crippen molar-refractivity contribution in [3.05, 3.63) is 30.3 Å². The van der Waals surface area contributed by atoms with Crippen LogP contribution in [-0.2, 0) is 4.74 Å². The van der Waals surface area contributed by atoms with Crippen LogP contribution in [0, 0.1) is 0 Å². The van der Waals surface area contributed by atoms with Gasteiger partial charge in [-0.1, -0.05) is 18.2 Å². The number of amides is 1. The second-order valence-corrected chi connectivity index (χ2v) is 4.56. The number of carbonyl (C=O) groups excluding carboxylic acids is 1. The first-order chi connectivity index (χ1) is 7.44. The average Bonchev–Trinajstić information content (AvgIpc) is 2.17. The molecule has 0 heterocycles. The fourth-order valence-corrected chi connectivity index (χ4v) is 1.34. The van der Waals surface area contributed by atoms with Crippen LogP contribution in [-0.4, -0.2) is 18.2 Å². The van der Waals surface area contributed by atoms with Crippen molar-refractivity contribution in [2.24, 2.45) is 0 Å². The quantitative estimate of drug-likeness (QED) is 0.765. The summed E-state index contributed by atoms with van der Waals surface area (Å²) in [5, 5.41) is 0. The van der Waals surface area contributed by atoms with Crippen LogP contribution in [0.25, 0.3) is 0 Å². The molecule has 1 amide bonds. The van der Waals surface area contributed by atoms with Gasteiger partial charge in [0.15, 0.2) is 0 Å². The number of carbonyl (C=O) groups is 1. The SMILES string of the molecule is CCN(C(=O)OC(C)(C)C)c1ccccc1. The Bertz CT molecular complexity index is 341. The van der Waals surface area contributed by atoms with E-state index in [4.69, 9.17) is 4.74 Å². The second kappa shape index (κ2) is 5.01. The zero-order chi connectivity index (χ0) is 12.2. The topological polar surface area (TPSA) is 29.5 Å². The lowest BCUT2D eigenvalue weighted by Gasteiger charge is -2.26. The molecule has 1 aromatic rings. The molecule has 0 spiro atoms. The van der Waals surface area contributed by atoms with Gasteiger partial charge in [-0.15, -0.1) is 0 Å². The lowest BCUT2D eigenvalue weighted by atomic mass is 10.2. The van der Waals surface area contributed by atoms with Crippen LogP contribution in [0.4, 0.5) is 10.5 Å². The fourth-order valence-electron chi connectivity index (χ4n) is 1.34. The first-order valence-electron chi connectivity index (χ1n) is 5.49. The first-order valence-corrected chi connectivity index (χ1v) is 5.49. The minimum atomic E-state index is -0.459. The Morgan fingerprint density at radius 1 is 1.25 bits per heavy atom. The molecule has 0 unspecified atom stereocenters. The van der Waals surface area contributed by atoms with Gasteiger partial charge >= 0.3 is 6.09 Å². The predicted molar refractivity (Wildman–Crippen MR) is 65.7 cm³/mol. The van der Waals surface area contributed by atoms with Crippen LogP contribution in [0.15, 0.2) is 30.3 Å². The molecule has 0 aliphatic rings. The summed E-state index contributed by atoms with van der Waals surface area (Å²) < 4.78 is 5.33. The molecule has 0 N–H and O–H groups in total. The van der Waals surface area contributed by atoms with E-state index in [-0.39, 0.29) is 6.09 Å². The van der Waals surface area contributed by atoms with Gasteiger partial charge in [0.2, 0.25) is 0 Å². The molecule has 0 atom stereocenters. The lowest BCUT2D eigenvalue weighted by Crippen LogP contribution is -2.36. The summed E-state index contributed by atoms with van der Waals surface area (Å²) in [6, 6.07) is 9.53. The molecule has 0 saturated heterocycles. The zero-order valence-corrected chi connectivity index (χ0v) is 10.4. The third-order valence-electron chi connectivity index (χ3n) is 2.00. The van der Waals surface area contributed by atoms with Crippen molar-refractivity contribution in [2.75, 3.05) is 11.4 Å². The third kappa shape index (κ3) is 3.57. The molecule has 88 valence electrons. The monoisotopic (exact) mass is 221 g/mol. The van der Waals surface area contributed by atoms with Gasteiger partial charge in [-0.3, -0.25) is 4.90 Å². The van der Waals surface area contributed by atoms with E-state index < -0.39 is 5.60 Å².